The molecule has 0 atom stereocenters. The van der Waals surface area contributed by atoms with Crippen LogP contribution in [0, 0.1) is 11.7 Å². The zero-order valence-corrected chi connectivity index (χ0v) is 12.0. The lowest BCUT2D eigenvalue weighted by Gasteiger charge is -2.11. The fraction of sp³-hybridized carbons (Fsp3) is 0.333. The molecule has 100 valence electrons. The van der Waals surface area contributed by atoms with Gasteiger partial charge in [0, 0.05) is 11.3 Å². The highest BCUT2D eigenvalue weighted by Crippen LogP contribution is 2.26. The van der Waals surface area contributed by atoms with Gasteiger partial charge in [-0.1, -0.05) is 13.3 Å². The van der Waals surface area contributed by atoms with Crippen LogP contribution in [0.25, 0.3) is 11.3 Å². The molecule has 19 heavy (non-hydrogen) atoms. The van der Waals surface area contributed by atoms with E-state index >= 15 is 0 Å². The van der Waals surface area contributed by atoms with E-state index in [1.165, 1.54) is 5.56 Å². The molecule has 0 saturated heterocycles. The second-order valence-corrected chi connectivity index (χ2v) is 5.03. The molecule has 2 aromatic rings. The van der Waals surface area contributed by atoms with Crippen molar-refractivity contribution in [2.75, 3.05) is 0 Å². The van der Waals surface area contributed by atoms with E-state index in [1.807, 2.05) is 19.1 Å². The Hall–Kier alpha value is -1.68. The molecule has 2 rings (SSSR count). The fourth-order valence-corrected chi connectivity index (χ4v) is 2.37. The predicted molar refractivity (Wildman–Crippen MR) is 79.9 cm³/mol. The topological polar surface area (TPSA) is 48.9 Å². The normalized spacial score (nSPS) is 10.6. The van der Waals surface area contributed by atoms with E-state index in [-0.39, 0.29) is 5.75 Å². The lowest BCUT2D eigenvalue weighted by atomic mass is 10.00. The molecule has 4 heteroatoms. The summed E-state index contributed by atoms with van der Waals surface area (Å²) in [6, 6.07) is 7.11. The van der Waals surface area contributed by atoms with Gasteiger partial charge in [-0.3, -0.25) is 0 Å². The summed E-state index contributed by atoms with van der Waals surface area (Å²) in [6.45, 7) is 4.21. The highest BCUT2D eigenvalue weighted by atomic mass is 32.1. The first-order chi connectivity index (χ1) is 9.11. The maximum Gasteiger partial charge on any atom is 0.197 e. The van der Waals surface area contributed by atoms with Gasteiger partial charge >= 0.3 is 0 Å². The Morgan fingerprint density at radius 2 is 1.95 bits per heavy atom. The van der Waals surface area contributed by atoms with Crippen molar-refractivity contribution in [3.05, 3.63) is 40.3 Å². The molecule has 0 amide bonds. The SMILES string of the molecule is CCCCc1c(-c2ccc(O)cc2)nc(=S)[nH]c1C. The minimum Gasteiger partial charge on any atom is -0.508 e. The van der Waals surface area contributed by atoms with Gasteiger partial charge in [0.2, 0.25) is 0 Å². The van der Waals surface area contributed by atoms with Gasteiger partial charge in [-0.05, 0) is 61.8 Å². The second-order valence-electron chi connectivity index (χ2n) is 4.64. The van der Waals surface area contributed by atoms with Gasteiger partial charge in [0.05, 0.1) is 5.69 Å². The Balaban J connectivity index is 2.53. The minimum absolute atomic E-state index is 0.261. The van der Waals surface area contributed by atoms with Crippen LogP contribution < -0.4 is 0 Å². The van der Waals surface area contributed by atoms with Gasteiger partial charge in [-0.2, -0.15) is 0 Å². The van der Waals surface area contributed by atoms with Gasteiger partial charge < -0.3 is 10.1 Å². The molecule has 3 nitrogen and oxygen atoms in total. The summed E-state index contributed by atoms with van der Waals surface area (Å²) in [4.78, 5) is 7.59. The number of aromatic amines is 1. The largest absolute Gasteiger partial charge is 0.508 e. The number of hydrogen-bond acceptors (Lipinski definition) is 3. The Morgan fingerprint density at radius 3 is 2.58 bits per heavy atom. The number of aromatic nitrogens is 2. The summed E-state index contributed by atoms with van der Waals surface area (Å²) in [7, 11) is 0. The molecule has 0 spiro atoms. The van der Waals surface area contributed by atoms with Crippen LogP contribution in [0.1, 0.15) is 31.0 Å². The Labute approximate surface area is 118 Å². The monoisotopic (exact) mass is 274 g/mol. The number of aryl methyl sites for hydroxylation is 1. The summed E-state index contributed by atoms with van der Waals surface area (Å²) < 4.78 is 0.501. The highest BCUT2D eigenvalue weighted by molar-refractivity contribution is 7.71. The standard InChI is InChI=1S/C15H18N2OS/c1-3-4-5-13-10(2)16-15(19)17-14(13)11-6-8-12(18)9-7-11/h6-9,18H,3-5H2,1-2H3,(H,16,17,19). The molecule has 0 aliphatic rings. The second kappa shape index (κ2) is 5.97. The summed E-state index contributed by atoms with van der Waals surface area (Å²) in [5, 5.41) is 9.38. The molecular weight excluding hydrogens is 256 g/mol. The van der Waals surface area contributed by atoms with Gasteiger partial charge in [-0.25, -0.2) is 4.98 Å². The number of aromatic hydroxyl groups is 1. The lowest BCUT2D eigenvalue weighted by Crippen LogP contribution is -2.01. The van der Waals surface area contributed by atoms with Crippen molar-refractivity contribution in [3.8, 4) is 17.0 Å². The number of nitrogens with zero attached hydrogens (tertiary/aromatic N) is 1. The van der Waals surface area contributed by atoms with Crippen LogP contribution in [0.4, 0.5) is 0 Å². The summed E-state index contributed by atoms with van der Waals surface area (Å²) in [5.74, 6) is 0.261. The van der Waals surface area contributed by atoms with E-state index in [2.05, 4.69) is 16.9 Å². The molecule has 2 N–H and O–H groups in total. The fourth-order valence-electron chi connectivity index (χ4n) is 2.13. The van der Waals surface area contributed by atoms with Gasteiger partial charge in [0.25, 0.3) is 0 Å². The number of nitrogens with one attached hydrogen (secondary N) is 1. The number of benzene rings is 1. The zero-order chi connectivity index (χ0) is 13.8. The molecule has 1 aromatic carbocycles. The van der Waals surface area contributed by atoms with Crippen molar-refractivity contribution in [2.24, 2.45) is 0 Å². The maximum atomic E-state index is 9.38. The van der Waals surface area contributed by atoms with Crippen molar-refractivity contribution in [1.82, 2.24) is 9.97 Å². The lowest BCUT2D eigenvalue weighted by molar-refractivity contribution is 0.475. The predicted octanol–water partition coefficient (Wildman–Crippen LogP) is 4.16. The Bertz CT molecular complexity index is 617. The first kappa shape index (κ1) is 13.7. The van der Waals surface area contributed by atoms with E-state index in [0.29, 0.717) is 4.77 Å². The van der Waals surface area contributed by atoms with E-state index in [0.717, 1.165) is 36.2 Å². The first-order valence-electron chi connectivity index (χ1n) is 6.51. The summed E-state index contributed by atoms with van der Waals surface area (Å²) >= 11 is 5.17. The molecule has 0 bridgehead atoms. The smallest absolute Gasteiger partial charge is 0.197 e. The van der Waals surface area contributed by atoms with Crippen molar-refractivity contribution in [3.63, 3.8) is 0 Å². The first-order valence-corrected chi connectivity index (χ1v) is 6.92. The number of rotatable bonds is 4. The molecule has 1 heterocycles. The van der Waals surface area contributed by atoms with Crippen molar-refractivity contribution < 1.29 is 5.11 Å². The molecule has 0 aliphatic heterocycles. The number of hydrogen-bond donors (Lipinski definition) is 2. The van der Waals surface area contributed by atoms with Crippen LogP contribution in [-0.4, -0.2) is 15.1 Å². The number of phenols is 1. The van der Waals surface area contributed by atoms with Crippen LogP contribution in [-0.2, 0) is 6.42 Å². The molecule has 0 aliphatic carbocycles. The van der Waals surface area contributed by atoms with Crippen LogP contribution >= 0.6 is 12.2 Å². The maximum absolute atomic E-state index is 9.38. The highest BCUT2D eigenvalue weighted by Gasteiger charge is 2.10. The van der Waals surface area contributed by atoms with E-state index in [4.69, 9.17) is 12.2 Å². The zero-order valence-electron chi connectivity index (χ0n) is 11.2. The van der Waals surface area contributed by atoms with Gasteiger partial charge in [0.1, 0.15) is 5.75 Å². The van der Waals surface area contributed by atoms with Crippen LogP contribution in [0.3, 0.4) is 0 Å². The molecule has 0 radical (unpaired) electrons. The third-order valence-corrected chi connectivity index (χ3v) is 3.36. The molecule has 0 fully saturated rings. The quantitative estimate of drug-likeness (QED) is 0.823. The third-order valence-electron chi connectivity index (χ3n) is 3.17. The molecule has 0 unspecified atom stereocenters. The number of H-pyrrole nitrogens is 1. The summed E-state index contributed by atoms with van der Waals surface area (Å²) in [6.07, 6.45) is 3.25. The average molecular weight is 274 g/mol. The minimum atomic E-state index is 0.261. The van der Waals surface area contributed by atoms with E-state index < -0.39 is 0 Å². The van der Waals surface area contributed by atoms with Crippen molar-refractivity contribution in [2.45, 2.75) is 33.1 Å². The van der Waals surface area contributed by atoms with Gasteiger partial charge in [-0.15, -0.1) is 0 Å². The Kier molecular flexibility index (Phi) is 4.32. The number of unbranched alkanes of at least 4 members (excludes halogenated alkanes) is 1. The summed E-state index contributed by atoms with van der Waals surface area (Å²) in [5.41, 5.74) is 4.21. The van der Waals surface area contributed by atoms with Crippen molar-refractivity contribution in [1.29, 1.82) is 0 Å². The van der Waals surface area contributed by atoms with Crippen LogP contribution in [0.2, 0.25) is 0 Å². The molecular formula is C15H18N2OS. The third kappa shape index (κ3) is 3.20. The van der Waals surface area contributed by atoms with Crippen molar-refractivity contribution >= 4 is 12.2 Å². The van der Waals surface area contributed by atoms with Crippen LogP contribution in [0.15, 0.2) is 24.3 Å². The van der Waals surface area contributed by atoms with Gasteiger partial charge in [0.15, 0.2) is 4.77 Å². The van der Waals surface area contributed by atoms with E-state index in [9.17, 15) is 5.11 Å². The number of phenolic OH excluding ortho intramolecular Hbond substituents is 1. The molecule has 0 saturated carbocycles. The molecule has 1 aromatic heterocycles. The van der Waals surface area contributed by atoms with E-state index in [1.54, 1.807) is 12.1 Å². The van der Waals surface area contributed by atoms with Crippen LogP contribution in [0.5, 0.6) is 5.75 Å². The Morgan fingerprint density at radius 1 is 1.26 bits per heavy atom. The average Bonchev–Trinajstić information content (AvgIpc) is 2.38.